The molecule has 94 valence electrons. The Balaban J connectivity index is 2.09. The molecule has 0 N–H and O–H groups in total. The summed E-state index contributed by atoms with van der Waals surface area (Å²) in [4.78, 5) is 21.4. The lowest BCUT2D eigenvalue weighted by Gasteiger charge is -2.14. The van der Waals surface area contributed by atoms with Gasteiger partial charge in [-0.15, -0.1) is 0 Å². The van der Waals surface area contributed by atoms with Crippen molar-refractivity contribution in [2.75, 3.05) is 7.05 Å². The van der Waals surface area contributed by atoms with Crippen molar-refractivity contribution in [3.05, 3.63) is 40.8 Å². The van der Waals surface area contributed by atoms with Crippen LogP contribution in [0.1, 0.15) is 22.1 Å². The number of hydrogen-bond donors (Lipinski definition) is 0. The first-order valence-electron chi connectivity index (χ1n) is 5.21. The number of nitrogens with zero attached hydrogens (tertiary/aromatic N) is 4. The van der Waals surface area contributed by atoms with Crippen LogP contribution in [0.5, 0.6) is 0 Å². The summed E-state index contributed by atoms with van der Waals surface area (Å²) >= 11 is 5.78. The van der Waals surface area contributed by atoms with Gasteiger partial charge in [0, 0.05) is 26.4 Å². The summed E-state index contributed by atoms with van der Waals surface area (Å²) in [6.07, 6.45) is 2.94. The van der Waals surface area contributed by atoms with Gasteiger partial charge in [0.2, 0.25) is 5.89 Å². The molecule has 0 aliphatic rings. The summed E-state index contributed by atoms with van der Waals surface area (Å²) in [6.45, 7) is 1.96. The van der Waals surface area contributed by atoms with Gasteiger partial charge in [-0.25, -0.2) is 0 Å². The molecule has 0 spiro atoms. The van der Waals surface area contributed by atoms with Crippen LogP contribution in [0.2, 0.25) is 5.02 Å². The standard InChI is InChI=1S/C11H11ClN4O2/c1-7-14-10(15-18-7)6-16(2)11(17)8-3-9(12)5-13-4-8/h3-5H,6H2,1-2H3. The molecule has 0 atom stereocenters. The number of halogens is 1. The highest BCUT2D eigenvalue weighted by Crippen LogP contribution is 2.11. The van der Waals surface area contributed by atoms with E-state index in [0.717, 1.165) is 0 Å². The van der Waals surface area contributed by atoms with Crippen molar-refractivity contribution in [3.8, 4) is 0 Å². The van der Waals surface area contributed by atoms with Gasteiger partial charge >= 0.3 is 0 Å². The number of aryl methyl sites for hydroxylation is 1. The number of aromatic nitrogens is 3. The largest absolute Gasteiger partial charge is 0.340 e. The predicted octanol–water partition coefficient (Wildman–Crippen LogP) is 1.70. The normalized spacial score (nSPS) is 10.4. The maximum Gasteiger partial charge on any atom is 0.255 e. The number of amides is 1. The van der Waals surface area contributed by atoms with Crippen LogP contribution in [0.4, 0.5) is 0 Å². The van der Waals surface area contributed by atoms with Crippen molar-refractivity contribution < 1.29 is 9.32 Å². The van der Waals surface area contributed by atoms with Crippen LogP contribution >= 0.6 is 11.6 Å². The monoisotopic (exact) mass is 266 g/mol. The quantitative estimate of drug-likeness (QED) is 0.845. The number of carbonyl (C=O) groups is 1. The Kier molecular flexibility index (Phi) is 3.57. The zero-order valence-electron chi connectivity index (χ0n) is 9.92. The molecule has 0 aliphatic carbocycles. The first kappa shape index (κ1) is 12.5. The fourth-order valence-electron chi connectivity index (χ4n) is 1.44. The first-order valence-corrected chi connectivity index (χ1v) is 5.59. The van der Waals surface area contributed by atoms with Gasteiger partial charge < -0.3 is 9.42 Å². The zero-order valence-corrected chi connectivity index (χ0v) is 10.7. The Labute approximate surface area is 109 Å². The van der Waals surface area contributed by atoms with Crippen molar-refractivity contribution in [3.63, 3.8) is 0 Å². The zero-order chi connectivity index (χ0) is 13.1. The third-order valence-corrected chi connectivity index (χ3v) is 2.45. The Hall–Kier alpha value is -1.95. The third kappa shape index (κ3) is 2.84. The summed E-state index contributed by atoms with van der Waals surface area (Å²) < 4.78 is 4.84. The Morgan fingerprint density at radius 2 is 2.28 bits per heavy atom. The van der Waals surface area contributed by atoms with Gasteiger partial charge in [0.1, 0.15) is 0 Å². The van der Waals surface area contributed by atoms with Gasteiger partial charge in [0.15, 0.2) is 5.82 Å². The number of pyridine rings is 1. The molecule has 2 aromatic heterocycles. The molecule has 7 heteroatoms. The van der Waals surface area contributed by atoms with E-state index < -0.39 is 0 Å². The van der Waals surface area contributed by atoms with Gasteiger partial charge in [-0.2, -0.15) is 4.98 Å². The molecule has 0 radical (unpaired) electrons. The van der Waals surface area contributed by atoms with Crippen molar-refractivity contribution in [2.45, 2.75) is 13.5 Å². The molecule has 0 aromatic carbocycles. The molecule has 2 aromatic rings. The molecular formula is C11H11ClN4O2. The van der Waals surface area contributed by atoms with E-state index in [-0.39, 0.29) is 12.5 Å². The average molecular weight is 267 g/mol. The SMILES string of the molecule is Cc1nc(CN(C)C(=O)c2cncc(Cl)c2)no1. The molecule has 6 nitrogen and oxygen atoms in total. The maximum absolute atomic E-state index is 12.0. The highest BCUT2D eigenvalue weighted by molar-refractivity contribution is 6.30. The minimum atomic E-state index is -0.201. The fraction of sp³-hybridized carbons (Fsp3) is 0.273. The third-order valence-electron chi connectivity index (χ3n) is 2.25. The van der Waals surface area contributed by atoms with E-state index in [9.17, 15) is 4.79 Å². The van der Waals surface area contributed by atoms with Crippen LogP contribution in [0.15, 0.2) is 23.0 Å². The number of rotatable bonds is 3. The van der Waals surface area contributed by atoms with E-state index >= 15 is 0 Å². The van der Waals surface area contributed by atoms with Crippen molar-refractivity contribution in [1.29, 1.82) is 0 Å². The minimum absolute atomic E-state index is 0.201. The van der Waals surface area contributed by atoms with Crippen LogP contribution in [0.25, 0.3) is 0 Å². The van der Waals surface area contributed by atoms with Crippen LogP contribution in [0.3, 0.4) is 0 Å². The van der Waals surface area contributed by atoms with E-state index in [1.807, 2.05) is 0 Å². The second kappa shape index (κ2) is 5.14. The summed E-state index contributed by atoms with van der Waals surface area (Å²) in [5.41, 5.74) is 0.421. The molecule has 2 rings (SSSR count). The molecule has 0 aliphatic heterocycles. The van der Waals surface area contributed by atoms with Crippen LogP contribution < -0.4 is 0 Å². The van der Waals surface area contributed by atoms with E-state index in [1.54, 1.807) is 20.0 Å². The molecule has 0 saturated carbocycles. The van der Waals surface area contributed by atoms with Gasteiger partial charge in [-0.05, 0) is 6.07 Å². The van der Waals surface area contributed by atoms with E-state index in [1.165, 1.54) is 17.3 Å². The lowest BCUT2D eigenvalue weighted by Crippen LogP contribution is -2.26. The average Bonchev–Trinajstić information content (AvgIpc) is 2.73. The molecular weight excluding hydrogens is 256 g/mol. The molecule has 0 fully saturated rings. The van der Waals surface area contributed by atoms with Crippen molar-refractivity contribution in [2.24, 2.45) is 0 Å². The number of hydrogen-bond acceptors (Lipinski definition) is 5. The first-order chi connectivity index (χ1) is 8.56. The maximum atomic E-state index is 12.0. The van der Waals surface area contributed by atoms with Crippen LogP contribution in [-0.2, 0) is 6.54 Å². The van der Waals surface area contributed by atoms with Gasteiger partial charge in [-0.1, -0.05) is 16.8 Å². The van der Waals surface area contributed by atoms with E-state index in [0.29, 0.717) is 22.3 Å². The van der Waals surface area contributed by atoms with Gasteiger partial charge in [0.05, 0.1) is 17.1 Å². The predicted molar refractivity (Wildman–Crippen MR) is 64.1 cm³/mol. The fourth-order valence-corrected chi connectivity index (χ4v) is 1.61. The summed E-state index contributed by atoms with van der Waals surface area (Å²) in [7, 11) is 1.65. The summed E-state index contributed by atoms with van der Waals surface area (Å²) in [6, 6.07) is 1.56. The topological polar surface area (TPSA) is 72.1 Å². The summed E-state index contributed by atoms with van der Waals surface area (Å²) in [5, 5.41) is 4.15. The Morgan fingerprint density at radius 1 is 1.50 bits per heavy atom. The highest BCUT2D eigenvalue weighted by atomic mass is 35.5. The lowest BCUT2D eigenvalue weighted by atomic mass is 10.2. The minimum Gasteiger partial charge on any atom is -0.340 e. The Morgan fingerprint density at radius 3 is 2.89 bits per heavy atom. The van der Waals surface area contributed by atoms with Crippen molar-refractivity contribution >= 4 is 17.5 Å². The van der Waals surface area contributed by atoms with Crippen molar-refractivity contribution in [1.82, 2.24) is 20.0 Å². The molecule has 0 saturated heterocycles. The molecule has 2 heterocycles. The molecule has 0 bridgehead atoms. The number of carbonyl (C=O) groups excluding carboxylic acids is 1. The molecule has 18 heavy (non-hydrogen) atoms. The van der Waals surface area contributed by atoms with E-state index in [4.69, 9.17) is 16.1 Å². The Bertz CT molecular complexity index is 570. The molecule has 0 unspecified atom stereocenters. The molecule has 1 amide bonds. The van der Waals surface area contributed by atoms with E-state index in [2.05, 4.69) is 15.1 Å². The van der Waals surface area contributed by atoms with Crippen LogP contribution in [-0.4, -0.2) is 33.0 Å². The second-order valence-electron chi connectivity index (χ2n) is 3.78. The van der Waals surface area contributed by atoms with Gasteiger partial charge in [-0.3, -0.25) is 9.78 Å². The lowest BCUT2D eigenvalue weighted by molar-refractivity contribution is 0.0780. The second-order valence-corrected chi connectivity index (χ2v) is 4.22. The van der Waals surface area contributed by atoms with Crippen LogP contribution in [0, 0.1) is 6.92 Å². The smallest absolute Gasteiger partial charge is 0.255 e. The van der Waals surface area contributed by atoms with Gasteiger partial charge in [0.25, 0.3) is 5.91 Å². The summed E-state index contributed by atoms with van der Waals surface area (Å²) in [5.74, 6) is 0.723. The highest BCUT2D eigenvalue weighted by Gasteiger charge is 2.15.